The Morgan fingerprint density at radius 2 is 1.62 bits per heavy atom. The first-order chi connectivity index (χ1) is 11.3. The number of sulfonamides is 1. The maximum atomic E-state index is 13.1. The summed E-state index contributed by atoms with van der Waals surface area (Å²) in [7, 11) is -3.56. The summed E-state index contributed by atoms with van der Waals surface area (Å²) >= 11 is 1.13. The zero-order valence-corrected chi connectivity index (χ0v) is 14.2. The highest BCUT2D eigenvalue weighted by atomic mass is 32.2. The molecule has 1 aliphatic rings. The van der Waals surface area contributed by atoms with E-state index in [4.69, 9.17) is 0 Å². The van der Waals surface area contributed by atoms with Gasteiger partial charge in [-0.15, -0.1) is 11.3 Å². The predicted octanol–water partition coefficient (Wildman–Crippen LogP) is 3.28. The molecule has 2 aromatic rings. The van der Waals surface area contributed by atoms with Crippen LogP contribution in [0.5, 0.6) is 0 Å². The number of halogens is 3. The van der Waals surface area contributed by atoms with Crippen LogP contribution in [0.4, 0.5) is 18.9 Å². The number of piperazine rings is 1. The van der Waals surface area contributed by atoms with Crippen molar-refractivity contribution in [2.75, 3.05) is 31.1 Å². The van der Waals surface area contributed by atoms with Gasteiger partial charge in [0.15, 0.2) is 0 Å². The van der Waals surface area contributed by atoms with Crippen molar-refractivity contribution < 1.29 is 21.6 Å². The Kier molecular flexibility index (Phi) is 4.58. The molecule has 1 aromatic carbocycles. The van der Waals surface area contributed by atoms with Gasteiger partial charge in [-0.2, -0.15) is 17.5 Å². The minimum absolute atomic E-state index is 0.0955. The van der Waals surface area contributed by atoms with E-state index in [0.717, 1.165) is 17.4 Å². The molecule has 0 saturated carbocycles. The van der Waals surface area contributed by atoms with Crippen LogP contribution in [-0.2, 0) is 16.2 Å². The summed E-state index contributed by atoms with van der Waals surface area (Å²) in [5.74, 6) is 0. The van der Waals surface area contributed by atoms with Crippen molar-refractivity contribution in [1.82, 2.24) is 4.31 Å². The number of anilines is 1. The van der Waals surface area contributed by atoms with Crippen LogP contribution in [0.25, 0.3) is 0 Å². The fraction of sp³-hybridized carbons (Fsp3) is 0.333. The first kappa shape index (κ1) is 17.2. The van der Waals surface area contributed by atoms with E-state index < -0.39 is 21.8 Å². The van der Waals surface area contributed by atoms with Crippen molar-refractivity contribution in [3.05, 3.63) is 47.3 Å². The fourth-order valence-electron chi connectivity index (χ4n) is 2.70. The average Bonchev–Trinajstić information content (AvgIpc) is 3.09. The molecule has 1 saturated heterocycles. The normalized spacial score (nSPS) is 17.2. The number of benzene rings is 1. The van der Waals surface area contributed by atoms with Crippen LogP contribution < -0.4 is 4.90 Å². The molecule has 0 radical (unpaired) electrons. The molecule has 1 aliphatic heterocycles. The van der Waals surface area contributed by atoms with Gasteiger partial charge in [0.05, 0.1) is 5.56 Å². The van der Waals surface area contributed by atoms with E-state index in [1.807, 2.05) is 0 Å². The number of para-hydroxylation sites is 1. The zero-order valence-electron chi connectivity index (χ0n) is 12.5. The van der Waals surface area contributed by atoms with Crippen molar-refractivity contribution >= 4 is 27.0 Å². The average molecular weight is 376 g/mol. The lowest BCUT2D eigenvalue weighted by atomic mass is 10.1. The highest BCUT2D eigenvalue weighted by Crippen LogP contribution is 2.37. The summed E-state index contributed by atoms with van der Waals surface area (Å²) in [6, 6.07) is 8.57. The van der Waals surface area contributed by atoms with Crippen LogP contribution in [0.3, 0.4) is 0 Å². The van der Waals surface area contributed by atoms with Crippen molar-refractivity contribution in [2.24, 2.45) is 0 Å². The SMILES string of the molecule is O=S(=O)(c1cccs1)N1CCN(c2ccccc2C(F)(F)F)CC1. The number of nitrogens with zero attached hydrogens (tertiary/aromatic N) is 2. The van der Waals surface area contributed by atoms with Gasteiger partial charge in [-0.25, -0.2) is 8.42 Å². The van der Waals surface area contributed by atoms with Crippen LogP contribution in [0.2, 0.25) is 0 Å². The molecule has 0 atom stereocenters. The van der Waals surface area contributed by atoms with Crippen molar-refractivity contribution in [3.63, 3.8) is 0 Å². The number of rotatable bonds is 3. The van der Waals surface area contributed by atoms with Crippen molar-refractivity contribution in [2.45, 2.75) is 10.4 Å². The second-order valence-corrected chi connectivity index (χ2v) is 8.45. The molecule has 0 aliphatic carbocycles. The molecule has 0 N–H and O–H groups in total. The van der Waals surface area contributed by atoms with Gasteiger partial charge in [-0.05, 0) is 23.6 Å². The Hall–Kier alpha value is -1.58. The summed E-state index contributed by atoms with van der Waals surface area (Å²) in [5.41, 5.74) is -0.599. The van der Waals surface area contributed by atoms with Gasteiger partial charge in [0, 0.05) is 31.9 Å². The van der Waals surface area contributed by atoms with Crippen LogP contribution >= 0.6 is 11.3 Å². The molecule has 0 unspecified atom stereocenters. The Bertz CT molecular complexity index is 796. The summed E-state index contributed by atoms with van der Waals surface area (Å²) in [6.45, 7) is 0.758. The lowest BCUT2D eigenvalue weighted by Gasteiger charge is -2.36. The molecule has 9 heteroatoms. The van der Waals surface area contributed by atoms with Gasteiger partial charge >= 0.3 is 6.18 Å². The Balaban J connectivity index is 1.77. The van der Waals surface area contributed by atoms with E-state index in [2.05, 4.69) is 0 Å². The topological polar surface area (TPSA) is 40.6 Å². The molecule has 0 amide bonds. The van der Waals surface area contributed by atoms with Crippen molar-refractivity contribution in [1.29, 1.82) is 0 Å². The summed E-state index contributed by atoms with van der Waals surface area (Å²) in [4.78, 5) is 1.59. The standard InChI is InChI=1S/C15H15F3N2O2S2/c16-15(17,18)12-4-1-2-5-13(12)19-7-9-20(10-8-19)24(21,22)14-6-3-11-23-14/h1-6,11H,7-10H2. The highest BCUT2D eigenvalue weighted by molar-refractivity contribution is 7.91. The number of hydrogen-bond donors (Lipinski definition) is 0. The second kappa shape index (κ2) is 6.38. The van der Waals surface area contributed by atoms with Crippen LogP contribution in [0.1, 0.15) is 5.56 Å². The van der Waals surface area contributed by atoms with E-state index in [9.17, 15) is 21.6 Å². The monoisotopic (exact) mass is 376 g/mol. The van der Waals surface area contributed by atoms with E-state index in [-0.39, 0.29) is 36.1 Å². The van der Waals surface area contributed by atoms with Gasteiger partial charge in [-0.1, -0.05) is 18.2 Å². The predicted molar refractivity (Wildman–Crippen MR) is 86.7 cm³/mol. The van der Waals surface area contributed by atoms with Gasteiger partial charge in [0.2, 0.25) is 0 Å². The van der Waals surface area contributed by atoms with E-state index in [1.165, 1.54) is 22.5 Å². The zero-order chi connectivity index (χ0) is 17.4. The minimum atomic E-state index is -4.43. The maximum Gasteiger partial charge on any atom is 0.418 e. The molecule has 1 aromatic heterocycles. The van der Waals surface area contributed by atoms with Crippen molar-refractivity contribution in [3.8, 4) is 0 Å². The first-order valence-electron chi connectivity index (χ1n) is 7.25. The van der Waals surface area contributed by atoms with Gasteiger partial charge < -0.3 is 4.90 Å². The Labute approximate surface area is 142 Å². The third-order valence-electron chi connectivity index (χ3n) is 3.88. The van der Waals surface area contributed by atoms with Gasteiger partial charge in [0.25, 0.3) is 10.0 Å². The number of hydrogen-bond acceptors (Lipinski definition) is 4. The van der Waals surface area contributed by atoms with E-state index >= 15 is 0 Å². The van der Waals surface area contributed by atoms with E-state index in [0.29, 0.717) is 0 Å². The molecular formula is C15H15F3N2O2S2. The fourth-order valence-corrected chi connectivity index (χ4v) is 5.26. The summed E-state index contributed by atoms with van der Waals surface area (Å²) in [6.07, 6.45) is -4.43. The smallest absolute Gasteiger partial charge is 0.368 e. The molecule has 2 heterocycles. The molecule has 4 nitrogen and oxygen atoms in total. The quantitative estimate of drug-likeness (QED) is 0.826. The second-order valence-electron chi connectivity index (χ2n) is 5.34. The molecule has 24 heavy (non-hydrogen) atoms. The first-order valence-corrected chi connectivity index (χ1v) is 9.57. The maximum absolute atomic E-state index is 13.1. The number of thiophene rings is 1. The molecule has 3 rings (SSSR count). The molecule has 0 spiro atoms. The minimum Gasteiger partial charge on any atom is -0.368 e. The Morgan fingerprint density at radius 1 is 0.958 bits per heavy atom. The lowest BCUT2D eigenvalue weighted by Crippen LogP contribution is -2.49. The van der Waals surface area contributed by atoms with E-state index in [1.54, 1.807) is 22.4 Å². The third-order valence-corrected chi connectivity index (χ3v) is 7.15. The van der Waals surface area contributed by atoms with Crippen LogP contribution in [0, 0.1) is 0 Å². The summed E-state index contributed by atoms with van der Waals surface area (Å²) < 4.78 is 65.9. The number of alkyl halides is 3. The van der Waals surface area contributed by atoms with Gasteiger partial charge in [-0.3, -0.25) is 0 Å². The van der Waals surface area contributed by atoms with Gasteiger partial charge in [0.1, 0.15) is 4.21 Å². The third kappa shape index (κ3) is 3.28. The molecule has 1 fully saturated rings. The summed E-state index contributed by atoms with van der Waals surface area (Å²) in [5, 5.41) is 1.68. The largest absolute Gasteiger partial charge is 0.418 e. The molecule has 130 valence electrons. The van der Waals surface area contributed by atoms with Crippen LogP contribution in [0.15, 0.2) is 46.0 Å². The molecular weight excluding hydrogens is 361 g/mol. The Morgan fingerprint density at radius 3 is 2.21 bits per heavy atom. The lowest BCUT2D eigenvalue weighted by molar-refractivity contribution is -0.137. The van der Waals surface area contributed by atoms with Crippen LogP contribution in [-0.4, -0.2) is 38.9 Å². The molecule has 0 bridgehead atoms. The highest BCUT2D eigenvalue weighted by Gasteiger charge is 2.36.